The van der Waals surface area contributed by atoms with E-state index in [4.69, 9.17) is 10.5 Å². The Bertz CT molecular complexity index is 296. The van der Waals surface area contributed by atoms with Crippen LogP contribution >= 0.6 is 0 Å². The van der Waals surface area contributed by atoms with Gasteiger partial charge < -0.3 is 10.5 Å². The number of benzene rings is 1. The van der Waals surface area contributed by atoms with Crippen LogP contribution in [0.1, 0.15) is 38.8 Å². The van der Waals surface area contributed by atoms with Gasteiger partial charge in [0.15, 0.2) is 0 Å². The second-order valence-corrected chi connectivity index (χ2v) is 4.21. The van der Waals surface area contributed by atoms with Crippen molar-refractivity contribution in [1.82, 2.24) is 0 Å². The van der Waals surface area contributed by atoms with Gasteiger partial charge in [0.2, 0.25) is 0 Å². The summed E-state index contributed by atoms with van der Waals surface area (Å²) >= 11 is 0. The lowest BCUT2D eigenvalue weighted by molar-refractivity contribution is 0.332. The van der Waals surface area contributed by atoms with Crippen LogP contribution in [-0.2, 0) is 0 Å². The number of ether oxygens (including phenoxy) is 1. The molecule has 2 N–H and O–H groups in total. The molecule has 1 rings (SSSR count). The van der Waals surface area contributed by atoms with Gasteiger partial charge >= 0.3 is 0 Å². The predicted octanol–water partition coefficient (Wildman–Crippen LogP) is 3.13. The van der Waals surface area contributed by atoms with E-state index in [0.717, 1.165) is 17.7 Å². The SMILES string of the molecule is CCOc1ccccc1C(N)CC(C)C. The zero-order valence-electron chi connectivity index (χ0n) is 9.86. The van der Waals surface area contributed by atoms with Gasteiger partial charge in [-0.25, -0.2) is 0 Å². The molecule has 0 bridgehead atoms. The van der Waals surface area contributed by atoms with Crippen LogP contribution in [0.5, 0.6) is 5.75 Å². The van der Waals surface area contributed by atoms with Crippen LogP contribution in [0.2, 0.25) is 0 Å². The van der Waals surface area contributed by atoms with Crippen molar-refractivity contribution in [2.75, 3.05) is 6.61 Å². The van der Waals surface area contributed by atoms with Gasteiger partial charge in [0.25, 0.3) is 0 Å². The summed E-state index contributed by atoms with van der Waals surface area (Å²) in [7, 11) is 0. The van der Waals surface area contributed by atoms with Crippen molar-refractivity contribution in [2.24, 2.45) is 11.7 Å². The van der Waals surface area contributed by atoms with Gasteiger partial charge in [-0.05, 0) is 25.3 Å². The molecule has 84 valence electrons. The molecule has 2 heteroatoms. The third-order valence-corrected chi connectivity index (χ3v) is 2.34. The largest absolute Gasteiger partial charge is 0.494 e. The first-order valence-electron chi connectivity index (χ1n) is 5.62. The third-order valence-electron chi connectivity index (χ3n) is 2.34. The quantitative estimate of drug-likeness (QED) is 0.805. The Hall–Kier alpha value is -1.02. The smallest absolute Gasteiger partial charge is 0.124 e. The molecule has 1 aromatic carbocycles. The lowest BCUT2D eigenvalue weighted by atomic mass is 9.97. The average Bonchev–Trinajstić information content (AvgIpc) is 2.18. The first-order chi connectivity index (χ1) is 7.15. The molecular formula is C13H21NO. The van der Waals surface area contributed by atoms with Crippen molar-refractivity contribution in [2.45, 2.75) is 33.2 Å². The van der Waals surface area contributed by atoms with Gasteiger partial charge in [-0.3, -0.25) is 0 Å². The Kier molecular flexibility index (Phi) is 4.63. The summed E-state index contributed by atoms with van der Waals surface area (Å²) in [6.45, 7) is 7.04. The van der Waals surface area contributed by atoms with E-state index in [2.05, 4.69) is 19.9 Å². The highest BCUT2D eigenvalue weighted by molar-refractivity contribution is 5.35. The Labute approximate surface area is 92.4 Å². The molecule has 0 spiro atoms. The first-order valence-corrected chi connectivity index (χ1v) is 5.62. The molecule has 0 saturated carbocycles. The Morgan fingerprint density at radius 3 is 2.53 bits per heavy atom. The van der Waals surface area contributed by atoms with Crippen molar-refractivity contribution >= 4 is 0 Å². The summed E-state index contributed by atoms with van der Waals surface area (Å²) in [6, 6.07) is 8.11. The summed E-state index contributed by atoms with van der Waals surface area (Å²) in [6.07, 6.45) is 0.990. The second-order valence-electron chi connectivity index (χ2n) is 4.21. The second kappa shape index (κ2) is 5.76. The number of rotatable bonds is 5. The van der Waals surface area contributed by atoms with Gasteiger partial charge in [-0.15, -0.1) is 0 Å². The monoisotopic (exact) mass is 207 g/mol. The zero-order chi connectivity index (χ0) is 11.3. The van der Waals surface area contributed by atoms with E-state index in [1.807, 2.05) is 25.1 Å². The van der Waals surface area contributed by atoms with Gasteiger partial charge in [0, 0.05) is 11.6 Å². The highest BCUT2D eigenvalue weighted by Crippen LogP contribution is 2.27. The fraction of sp³-hybridized carbons (Fsp3) is 0.538. The molecular weight excluding hydrogens is 186 g/mol. The molecule has 0 radical (unpaired) electrons. The molecule has 0 aliphatic heterocycles. The molecule has 0 aliphatic carbocycles. The van der Waals surface area contributed by atoms with Crippen LogP contribution in [0.25, 0.3) is 0 Å². The summed E-state index contributed by atoms with van der Waals surface area (Å²) in [5, 5.41) is 0. The standard InChI is InChI=1S/C13H21NO/c1-4-15-13-8-6-5-7-11(13)12(14)9-10(2)3/h5-8,10,12H,4,9,14H2,1-3H3. The van der Waals surface area contributed by atoms with Crippen molar-refractivity contribution in [3.8, 4) is 5.75 Å². The number of nitrogens with two attached hydrogens (primary N) is 1. The Morgan fingerprint density at radius 1 is 1.27 bits per heavy atom. The molecule has 1 unspecified atom stereocenters. The third kappa shape index (κ3) is 3.56. The predicted molar refractivity (Wildman–Crippen MR) is 64.0 cm³/mol. The molecule has 2 nitrogen and oxygen atoms in total. The van der Waals surface area contributed by atoms with Crippen molar-refractivity contribution < 1.29 is 4.74 Å². The maximum atomic E-state index is 6.15. The molecule has 0 amide bonds. The highest BCUT2D eigenvalue weighted by atomic mass is 16.5. The van der Waals surface area contributed by atoms with E-state index < -0.39 is 0 Å². The minimum Gasteiger partial charge on any atom is -0.494 e. The average molecular weight is 207 g/mol. The fourth-order valence-electron chi connectivity index (χ4n) is 1.71. The van der Waals surface area contributed by atoms with Crippen LogP contribution in [0.4, 0.5) is 0 Å². The number of para-hydroxylation sites is 1. The Morgan fingerprint density at radius 2 is 1.93 bits per heavy atom. The maximum absolute atomic E-state index is 6.15. The van der Waals surface area contributed by atoms with Crippen molar-refractivity contribution in [3.05, 3.63) is 29.8 Å². The summed E-state index contributed by atoms with van der Waals surface area (Å²) in [4.78, 5) is 0. The minimum absolute atomic E-state index is 0.0766. The number of hydrogen-bond acceptors (Lipinski definition) is 2. The summed E-state index contributed by atoms with van der Waals surface area (Å²) < 4.78 is 5.56. The summed E-state index contributed by atoms with van der Waals surface area (Å²) in [5.41, 5.74) is 7.27. The molecule has 1 atom stereocenters. The normalized spacial score (nSPS) is 12.9. The van der Waals surface area contributed by atoms with E-state index >= 15 is 0 Å². The number of hydrogen-bond donors (Lipinski definition) is 1. The lowest BCUT2D eigenvalue weighted by Gasteiger charge is -2.17. The molecule has 0 heterocycles. The fourth-order valence-corrected chi connectivity index (χ4v) is 1.71. The van der Waals surface area contributed by atoms with E-state index in [9.17, 15) is 0 Å². The van der Waals surface area contributed by atoms with Crippen LogP contribution in [-0.4, -0.2) is 6.61 Å². The van der Waals surface area contributed by atoms with E-state index in [0.29, 0.717) is 12.5 Å². The highest BCUT2D eigenvalue weighted by Gasteiger charge is 2.12. The first kappa shape index (κ1) is 12.1. The molecule has 0 aromatic heterocycles. The summed E-state index contributed by atoms with van der Waals surface area (Å²) in [5.74, 6) is 1.53. The zero-order valence-corrected chi connectivity index (χ0v) is 9.86. The van der Waals surface area contributed by atoms with Gasteiger partial charge in [0.1, 0.15) is 5.75 Å². The van der Waals surface area contributed by atoms with Crippen LogP contribution in [0.15, 0.2) is 24.3 Å². The lowest BCUT2D eigenvalue weighted by Crippen LogP contribution is -2.14. The van der Waals surface area contributed by atoms with Crippen LogP contribution in [0.3, 0.4) is 0 Å². The van der Waals surface area contributed by atoms with Gasteiger partial charge in [-0.2, -0.15) is 0 Å². The Balaban J connectivity index is 2.81. The molecule has 0 fully saturated rings. The van der Waals surface area contributed by atoms with Gasteiger partial charge in [-0.1, -0.05) is 32.0 Å². The maximum Gasteiger partial charge on any atom is 0.124 e. The van der Waals surface area contributed by atoms with Gasteiger partial charge in [0.05, 0.1) is 6.61 Å². The van der Waals surface area contributed by atoms with E-state index in [1.54, 1.807) is 0 Å². The van der Waals surface area contributed by atoms with E-state index in [1.165, 1.54) is 0 Å². The van der Waals surface area contributed by atoms with Crippen molar-refractivity contribution in [3.63, 3.8) is 0 Å². The molecule has 0 aliphatic rings. The van der Waals surface area contributed by atoms with E-state index in [-0.39, 0.29) is 6.04 Å². The molecule has 0 saturated heterocycles. The molecule has 15 heavy (non-hydrogen) atoms. The van der Waals surface area contributed by atoms with Crippen molar-refractivity contribution in [1.29, 1.82) is 0 Å². The topological polar surface area (TPSA) is 35.2 Å². The van der Waals surface area contributed by atoms with Crippen LogP contribution in [0, 0.1) is 5.92 Å². The molecule has 1 aromatic rings. The van der Waals surface area contributed by atoms with Crippen LogP contribution < -0.4 is 10.5 Å². The minimum atomic E-state index is 0.0766.